The smallest absolute Gasteiger partial charge is 0.225 e. The van der Waals surface area contributed by atoms with Gasteiger partial charge in [-0.2, -0.15) is 0 Å². The van der Waals surface area contributed by atoms with Crippen molar-refractivity contribution < 1.29 is 4.79 Å². The second-order valence-electron chi connectivity index (χ2n) is 5.15. The Hall–Kier alpha value is -1.45. The summed E-state index contributed by atoms with van der Waals surface area (Å²) >= 11 is 0. The minimum atomic E-state index is 0.193. The fraction of sp³-hybridized carbons (Fsp3) is 0.615. The first-order valence-electron chi connectivity index (χ1n) is 6.38. The average Bonchev–Trinajstić information content (AvgIpc) is 2.71. The van der Waals surface area contributed by atoms with Crippen molar-refractivity contribution in [3.8, 4) is 0 Å². The van der Waals surface area contributed by atoms with Crippen LogP contribution in [0.3, 0.4) is 0 Å². The second-order valence-corrected chi connectivity index (χ2v) is 5.15. The second kappa shape index (κ2) is 4.09. The van der Waals surface area contributed by atoms with Crippen LogP contribution in [0.2, 0.25) is 0 Å². The van der Waals surface area contributed by atoms with Crippen molar-refractivity contribution in [3.05, 3.63) is 17.5 Å². The highest BCUT2D eigenvalue weighted by atomic mass is 16.1. The Labute approximate surface area is 101 Å². The Bertz CT molecular complexity index is 458. The van der Waals surface area contributed by atoms with E-state index in [1.54, 1.807) is 6.20 Å². The summed E-state index contributed by atoms with van der Waals surface area (Å²) in [4.78, 5) is 22.7. The molecule has 1 aliphatic heterocycles. The summed E-state index contributed by atoms with van der Waals surface area (Å²) in [6.07, 6.45) is 5.60. The van der Waals surface area contributed by atoms with Gasteiger partial charge in [-0.3, -0.25) is 4.79 Å². The molecule has 0 saturated carbocycles. The van der Waals surface area contributed by atoms with Crippen LogP contribution in [0.1, 0.15) is 42.2 Å². The monoisotopic (exact) mass is 231 g/mol. The van der Waals surface area contributed by atoms with Crippen molar-refractivity contribution in [1.29, 1.82) is 0 Å². The summed E-state index contributed by atoms with van der Waals surface area (Å²) in [7, 11) is 0. The van der Waals surface area contributed by atoms with E-state index in [1.807, 2.05) is 0 Å². The predicted octanol–water partition coefficient (Wildman–Crippen LogP) is 1.84. The molecule has 2 aliphatic rings. The van der Waals surface area contributed by atoms with Crippen LogP contribution in [0.15, 0.2) is 6.20 Å². The standard InChI is InChI=1S/C13H17N3O/c1-9-3-2-6-16(8-9)13-14-7-10-11(15-13)4-5-12(10)17/h7,9H,2-6,8H2,1H3/t9-/m0/s1. The largest absolute Gasteiger partial charge is 0.341 e. The van der Waals surface area contributed by atoms with Gasteiger partial charge in [0.05, 0.1) is 11.3 Å². The first-order chi connectivity index (χ1) is 8.24. The maximum absolute atomic E-state index is 11.5. The number of hydrogen-bond donors (Lipinski definition) is 0. The summed E-state index contributed by atoms with van der Waals surface area (Å²) in [6, 6.07) is 0. The molecule has 1 saturated heterocycles. The topological polar surface area (TPSA) is 46.1 Å². The van der Waals surface area contributed by atoms with Crippen LogP contribution in [0, 0.1) is 5.92 Å². The molecule has 4 nitrogen and oxygen atoms in total. The number of Topliss-reactive ketones (excluding diaryl/α,β-unsaturated/α-hetero) is 1. The van der Waals surface area contributed by atoms with Crippen LogP contribution in [-0.2, 0) is 6.42 Å². The van der Waals surface area contributed by atoms with Gasteiger partial charge in [0.15, 0.2) is 5.78 Å². The molecule has 0 radical (unpaired) electrons. The van der Waals surface area contributed by atoms with Gasteiger partial charge < -0.3 is 4.90 Å². The number of carbonyl (C=O) groups excluding carboxylic acids is 1. The molecule has 0 spiro atoms. The third-order valence-corrected chi connectivity index (χ3v) is 3.68. The molecule has 0 N–H and O–H groups in total. The molecule has 1 aromatic heterocycles. The molecule has 3 rings (SSSR count). The van der Waals surface area contributed by atoms with Crippen molar-refractivity contribution in [3.63, 3.8) is 0 Å². The lowest BCUT2D eigenvalue weighted by Gasteiger charge is -2.30. The SMILES string of the molecule is C[C@H]1CCCN(c2ncc3c(n2)CCC3=O)C1. The zero-order chi connectivity index (χ0) is 11.8. The molecule has 0 bridgehead atoms. The van der Waals surface area contributed by atoms with E-state index >= 15 is 0 Å². The van der Waals surface area contributed by atoms with Gasteiger partial charge in [0.1, 0.15) is 0 Å². The molecule has 0 unspecified atom stereocenters. The van der Waals surface area contributed by atoms with Crippen molar-refractivity contribution in [2.24, 2.45) is 5.92 Å². The lowest BCUT2D eigenvalue weighted by molar-refractivity contribution is 0.0994. The zero-order valence-corrected chi connectivity index (χ0v) is 10.1. The number of hydrogen-bond acceptors (Lipinski definition) is 4. The average molecular weight is 231 g/mol. The van der Waals surface area contributed by atoms with E-state index in [2.05, 4.69) is 21.8 Å². The Morgan fingerprint density at radius 1 is 1.41 bits per heavy atom. The van der Waals surface area contributed by atoms with Crippen LogP contribution in [0.5, 0.6) is 0 Å². The maximum Gasteiger partial charge on any atom is 0.225 e. The molecule has 0 amide bonds. The number of piperidine rings is 1. The molecule has 17 heavy (non-hydrogen) atoms. The lowest BCUT2D eigenvalue weighted by Crippen LogP contribution is -2.35. The van der Waals surface area contributed by atoms with Gasteiger partial charge in [0, 0.05) is 25.7 Å². The molecule has 90 valence electrons. The predicted molar refractivity (Wildman–Crippen MR) is 65.3 cm³/mol. The fourth-order valence-electron chi connectivity index (χ4n) is 2.72. The molecule has 0 aromatic carbocycles. The number of fused-ring (bicyclic) bond motifs is 1. The molecule has 1 atom stereocenters. The molecule has 1 aromatic rings. The van der Waals surface area contributed by atoms with E-state index in [0.717, 1.165) is 36.7 Å². The summed E-state index contributed by atoms with van der Waals surface area (Å²) < 4.78 is 0. The number of aryl methyl sites for hydroxylation is 1. The van der Waals surface area contributed by atoms with Crippen LogP contribution in [0.25, 0.3) is 0 Å². The Kier molecular flexibility index (Phi) is 2.57. The van der Waals surface area contributed by atoms with Gasteiger partial charge in [-0.15, -0.1) is 0 Å². The van der Waals surface area contributed by atoms with E-state index in [9.17, 15) is 4.79 Å². The van der Waals surface area contributed by atoms with Gasteiger partial charge in [-0.05, 0) is 25.2 Å². The van der Waals surface area contributed by atoms with Crippen molar-refractivity contribution in [2.75, 3.05) is 18.0 Å². The van der Waals surface area contributed by atoms with Gasteiger partial charge in [0.2, 0.25) is 5.95 Å². The minimum absolute atomic E-state index is 0.193. The normalized spacial score (nSPS) is 23.9. The van der Waals surface area contributed by atoms with Gasteiger partial charge >= 0.3 is 0 Å². The van der Waals surface area contributed by atoms with Crippen LogP contribution < -0.4 is 4.90 Å². The van der Waals surface area contributed by atoms with Crippen molar-refractivity contribution >= 4 is 11.7 Å². The Morgan fingerprint density at radius 2 is 2.29 bits per heavy atom. The van der Waals surface area contributed by atoms with Gasteiger partial charge in [-0.25, -0.2) is 9.97 Å². The third kappa shape index (κ3) is 1.92. The number of aromatic nitrogens is 2. The van der Waals surface area contributed by atoms with Crippen LogP contribution >= 0.6 is 0 Å². The highest BCUT2D eigenvalue weighted by molar-refractivity contribution is 5.99. The molecular weight excluding hydrogens is 214 g/mol. The lowest BCUT2D eigenvalue weighted by atomic mass is 10.0. The Morgan fingerprint density at radius 3 is 3.12 bits per heavy atom. The van der Waals surface area contributed by atoms with E-state index in [4.69, 9.17) is 0 Å². The summed E-state index contributed by atoms with van der Waals surface area (Å²) in [5.74, 6) is 1.71. The highest BCUT2D eigenvalue weighted by Crippen LogP contribution is 2.24. The summed E-state index contributed by atoms with van der Waals surface area (Å²) in [6.45, 7) is 4.34. The van der Waals surface area contributed by atoms with E-state index in [1.165, 1.54) is 12.8 Å². The third-order valence-electron chi connectivity index (χ3n) is 3.68. The summed E-state index contributed by atoms with van der Waals surface area (Å²) in [5, 5.41) is 0. The highest BCUT2D eigenvalue weighted by Gasteiger charge is 2.24. The van der Waals surface area contributed by atoms with E-state index < -0.39 is 0 Å². The first kappa shape index (κ1) is 10.7. The first-order valence-corrected chi connectivity index (χ1v) is 6.38. The minimum Gasteiger partial charge on any atom is -0.341 e. The zero-order valence-electron chi connectivity index (χ0n) is 10.1. The molecule has 1 aliphatic carbocycles. The number of ketones is 1. The maximum atomic E-state index is 11.5. The molecule has 2 heterocycles. The van der Waals surface area contributed by atoms with E-state index in [-0.39, 0.29) is 5.78 Å². The van der Waals surface area contributed by atoms with Crippen LogP contribution in [-0.4, -0.2) is 28.8 Å². The number of nitrogens with zero attached hydrogens (tertiary/aromatic N) is 3. The molecule has 4 heteroatoms. The van der Waals surface area contributed by atoms with Crippen molar-refractivity contribution in [1.82, 2.24) is 9.97 Å². The number of rotatable bonds is 1. The molecular formula is C13H17N3O. The van der Waals surface area contributed by atoms with E-state index in [0.29, 0.717) is 12.3 Å². The number of anilines is 1. The van der Waals surface area contributed by atoms with Crippen LogP contribution in [0.4, 0.5) is 5.95 Å². The summed E-state index contributed by atoms with van der Waals surface area (Å²) in [5.41, 5.74) is 1.68. The van der Waals surface area contributed by atoms with Crippen molar-refractivity contribution in [2.45, 2.75) is 32.6 Å². The molecule has 1 fully saturated rings. The van der Waals surface area contributed by atoms with Gasteiger partial charge in [-0.1, -0.05) is 6.92 Å². The number of carbonyl (C=O) groups is 1. The Balaban J connectivity index is 1.87. The quantitative estimate of drug-likeness (QED) is 0.740. The fourth-order valence-corrected chi connectivity index (χ4v) is 2.72. The van der Waals surface area contributed by atoms with Gasteiger partial charge in [0.25, 0.3) is 0 Å².